The molecule has 1 aromatic heterocycles. The monoisotopic (exact) mass is 306 g/mol. The number of carbonyl (C=O) groups excluding carboxylic acids is 1. The van der Waals surface area contributed by atoms with Crippen molar-refractivity contribution >= 4 is 28.6 Å². The lowest BCUT2D eigenvalue weighted by Gasteiger charge is -2.20. The van der Waals surface area contributed by atoms with Crippen molar-refractivity contribution in [3.63, 3.8) is 0 Å². The number of aromatic nitrogens is 1. The van der Waals surface area contributed by atoms with Gasteiger partial charge in [-0.25, -0.2) is 4.98 Å². The van der Waals surface area contributed by atoms with E-state index in [1.807, 2.05) is 12.3 Å². The molecule has 0 atom stereocenters. The molecule has 2 N–H and O–H groups in total. The van der Waals surface area contributed by atoms with Crippen LogP contribution in [-0.4, -0.2) is 22.9 Å². The average Bonchev–Trinajstić information content (AvgIpc) is 2.83. The number of carbonyl (C=O) groups is 1. The summed E-state index contributed by atoms with van der Waals surface area (Å²) in [5, 5.41) is 13.6. The number of benzene rings is 1. The van der Waals surface area contributed by atoms with E-state index in [0.717, 1.165) is 10.7 Å². The van der Waals surface area contributed by atoms with Crippen LogP contribution >= 0.6 is 11.3 Å². The van der Waals surface area contributed by atoms with Gasteiger partial charge in [0.2, 0.25) is 0 Å². The molecule has 0 saturated heterocycles. The maximum Gasteiger partial charge on any atom is 0.270 e. The van der Waals surface area contributed by atoms with Gasteiger partial charge < -0.3 is 10.6 Å². The number of hydrogen-bond acceptors (Lipinski definition) is 6. The van der Waals surface area contributed by atoms with Crippen LogP contribution in [0.5, 0.6) is 0 Å². The van der Waals surface area contributed by atoms with Crippen LogP contribution in [0.25, 0.3) is 0 Å². The number of non-ortho nitro benzene ring substituents is 1. The van der Waals surface area contributed by atoms with Gasteiger partial charge in [0, 0.05) is 30.3 Å². The predicted octanol–water partition coefficient (Wildman–Crippen LogP) is 2.10. The molecule has 7 nitrogen and oxygen atoms in total. The molecule has 0 aliphatic rings. The summed E-state index contributed by atoms with van der Waals surface area (Å²) >= 11 is 1.52. The molecule has 1 amide bonds. The highest BCUT2D eigenvalue weighted by molar-refractivity contribution is 7.09. The van der Waals surface area contributed by atoms with Gasteiger partial charge in [-0.1, -0.05) is 0 Å². The molecule has 21 heavy (non-hydrogen) atoms. The summed E-state index contributed by atoms with van der Waals surface area (Å²) < 4.78 is 0. The van der Waals surface area contributed by atoms with Crippen LogP contribution in [0, 0.1) is 17.0 Å². The molecular formula is C13H14N4O3S. The number of hydrogen-bond donors (Lipinski definition) is 1. The van der Waals surface area contributed by atoms with E-state index < -0.39 is 10.8 Å². The lowest BCUT2D eigenvalue weighted by atomic mass is 10.1. The normalized spacial score (nSPS) is 10.4. The quantitative estimate of drug-likeness (QED) is 0.673. The number of primary amides is 1. The molecule has 0 radical (unpaired) electrons. The Morgan fingerprint density at radius 3 is 2.76 bits per heavy atom. The number of aryl methyl sites for hydroxylation is 1. The van der Waals surface area contributed by atoms with Crippen molar-refractivity contribution in [3.05, 3.63) is 50.0 Å². The summed E-state index contributed by atoms with van der Waals surface area (Å²) in [5.74, 6) is -0.698. The number of amides is 1. The zero-order valence-corrected chi connectivity index (χ0v) is 12.4. The number of nitrogens with two attached hydrogens (primary N) is 1. The molecule has 1 aromatic carbocycles. The zero-order valence-electron chi connectivity index (χ0n) is 11.6. The minimum atomic E-state index is -0.698. The van der Waals surface area contributed by atoms with E-state index in [2.05, 4.69) is 4.98 Å². The molecule has 0 unspecified atom stereocenters. The molecule has 0 bridgehead atoms. The Labute approximate surface area is 125 Å². The number of nitrogens with zero attached hydrogens (tertiary/aromatic N) is 3. The molecule has 110 valence electrons. The molecule has 0 aliphatic carbocycles. The minimum absolute atomic E-state index is 0.125. The van der Waals surface area contributed by atoms with Gasteiger partial charge in [0.1, 0.15) is 5.01 Å². The van der Waals surface area contributed by atoms with Crippen LogP contribution in [0.15, 0.2) is 23.6 Å². The molecule has 0 saturated carbocycles. The SMILES string of the molecule is Cc1csc(CN(C)c2ccc([N+](=O)[O-])cc2C(N)=O)n1. The third-order valence-corrected chi connectivity index (χ3v) is 3.86. The Hall–Kier alpha value is -2.48. The third-order valence-electron chi connectivity index (χ3n) is 2.91. The number of nitro groups is 1. The van der Waals surface area contributed by atoms with E-state index in [-0.39, 0.29) is 11.3 Å². The number of nitro benzene ring substituents is 1. The van der Waals surface area contributed by atoms with Crippen molar-refractivity contribution in [2.75, 3.05) is 11.9 Å². The van der Waals surface area contributed by atoms with Crippen LogP contribution in [0.2, 0.25) is 0 Å². The first-order valence-electron chi connectivity index (χ1n) is 6.09. The lowest BCUT2D eigenvalue weighted by Crippen LogP contribution is -2.22. The number of rotatable bonds is 5. The van der Waals surface area contributed by atoms with E-state index in [0.29, 0.717) is 12.2 Å². The molecule has 0 spiro atoms. The Morgan fingerprint density at radius 2 is 2.24 bits per heavy atom. The van der Waals surface area contributed by atoms with E-state index >= 15 is 0 Å². The summed E-state index contributed by atoms with van der Waals surface area (Å²) in [5.41, 5.74) is 6.76. The van der Waals surface area contributed by atoms with Crippen molar-refractivity contribution < 1.29 is 9.72 Å². The van der Waals surface area contributed by atoms with Gasteiger partial charge in [-0.2, -0.15) is 0 Å². The second-order valence-electron chi connectivity index (χ2n) is 4.56. The molecule has 8 heteroatoms. The first kappa shape index (κ1) is 14.9. The standard InChI is InChI=1S/C13H14N4O3S/c1-8-7-21-12(15-8)6-16(2)11-4-3-9(17(19)20)5-10(11)13(14)18/h3-5,7H,6H2,1-2H3,(H2,14,18). The fraction of sp³-hybridized carbons (Fsp3) is 0.231. The zero-order chi connectivity index (χ0) is 15.6. The topological polar surface area (TPSA) is 102 Å². The fourth-order valence-electron chi connectivity index (χ4n) is 1.93. The van der Waals surface area contributed by atoms with Crippen molar-refractivity contribution in [1.82, 2.24) is 4.98 Å². The van der Waals surface area contributed by atoms with Crippen LogP contribution in [0.3, 0.4) is 0 Å². The maximum absolute atomic E-state index is 11.5. The average molecular weight is 306 g/mol. The maximum atomic E-state index is 11.5. The van der Waals surface area contributed by atoms with E-state index in [9.17, 15) is 14.9 Å². The Balaban J connectivity index is 2.33. The van der Waals surface area contributed by atoms with Gasteiger partial charge >= 0.3 is 0 Å². The second kappa shape index (κ2) is 5.88. The Kier molecular flexibility index (Phi) is 4.18. The van der Waals surface area contributed by atoms with Crippen LogP contribution < -0.4 is 10.6 Å². The third kappa shape index (κ3) is 3.34. The van der Waals surface area contributed by atoms with Gasteiger partial charge in [-0.15, -0.1) is 11.3 Å². The van der Waals surface area contributed by atoms with Gasteiger partial charge in [0.05, 0.1) is 22.7 Å². The smallest absolute Gasteiger partial charge is 0.270 e. The lowest BCUT2D eigenvalue weighted by molar-refractivity contribution is -0.384. The first-order valence-corrected chi connectivity index (χ1v) is 6.97. The highest BCUT2D eigenvalue weighted by atomic mass is 32.1. The summed E-state index contributed by atoms with van der Waals surface area (Å²) in [7, 11) is 1.78. The summed E-state index contributed by atoms with van der Waals surface area (Å²) in [6.07, 6.45) is 0. The van der Waals surface area contributed by atoms with Crippen LogP contribution in [-0.2, 0) is 6.54 Å². The van der Waals surface area contributed by atoms with E-state index in [4.69, 9.17) is 5.73 Å². The van der Waals surface area contributed by atoms with Crippen molar-refractivity contribution in [2.45, 2.75) is 13.5 Å². The van der Waals surface area contributed by atoms with Gasteiger partial charge in [0.25, 0.3) is 11.6 Å². The van der Waals surface area contributed by atoms with Crippen molar-refractivity contribution in [3.8, 4) is 0 Å². The van der Waals surface area contributed by atoms with Crippen molar-refractivity contribution in [2.24, 2.45) is 5.73 Å². The summed E-state index contributed by atoms with van der Waals surface area (Å²) in [4.78, 5) is 27.9. The highest BCUT2D eigenvalue weighted by Crippen LogP contribution is 2.26. The summed E-state index contributed by atoms with van der Waals surface area (Å²) in [6.45, 7) is 2.40. The predicted molar refractivity (Wildman–Crippen MR) is 80.6 cm³/mol. The fourth-order valence-corrected chi connectivity index (χ4v) is 2.76. The minimum Gasteiger partial charge on any atom is -0.367 e. The Morgan fingerprint density at radius 1 is 1.52 bits per heavy atom. The number of anilines is 1. The van der Waals surface area contributed by atoms with Crippen LogP contribution in [0.4, 0.5) is 11.4 Å². The first-order chi connectivity index (χ1) is 9.88. The molecule has 1 heterocycles. The van der Waals surface area contributed by atoms with Gasteiger partial charge in [-0.3, -0.25) is 14.9 Å². The van der Waals surface area contributed by atoms with E-state index in [1.165, 1.54) is 29.5 Å². The van der Waals surface area contributed by atoms with Crippen molar-refractivity contribution in [1.29, 1.82) is 0 Å². The summed E-state index contributed by atoms with van der Waals surface area (Å²) in [6, 6.07) is 4.07. The van der Waals surface area contributed by atoms with Gasteiger partial charge in [-0.05, 0) is 13.0 Å². The van der Waals surface area contributed by atoms with Crippen LogP contribution in [0.1, 0.15) is 21.1 Å². The molecular weight excluding hydrogens is 292 g/mol. The van der Waals surface area contributed by atoms with Gasteiger partial charge in [0.15, 0.2) is 0 Å². The number of thiazole rings is 1. The largest absolute Gasteiger partial charge is 0.367 e. The molecule has 0 fully saturated rings. The second-order valence-corrected chi connectivity index (χ2v) is 5.50. The molecule has 2 aromatic rings. The molecule has 2 rings (SSSR count). The Bertz CT molecular complexity index is 698. The highest BCUT2D eigenvalue weighted by Gasteiger charge is 2.17. The van der Waals surface area contributed by atoms with E-state index in [1.54, 1.807) is 11.9 Å². The molecule has 0 aliphatic heterocycles.